The number of benzene rings is 3. The Balaban J connectivity index is 0.000000384. The fraction of sp³-hybridized carbons (Fsp3) is 0.269. The Morgan fingerprint density at radius 2 is 1.47 bits per heavy atom. The van der Waals surface area contributed by atoms with Gasteiger partial charge >= 0.3 is 24.3 Å². The highest BCUT2D eigenvalue weighted by molar-refractivity contribution is 7.89. The van der Waals surface area contributed by atoms with Crippen LogP contribution in [0.25, 0.3) is 10.8 Å². The molecule has 4 rings (SSSR count). The minimum absolute atomic E-state index is 0.0503. The van der Waals surface area contributed by atoms with Gasteiger partial charge in [0.2, 0.25) is 10.0 Å². The van der Waals surface area contributed by atoms with Crippen LogP contribution >= 0.6 is 0 Å². The monoisotopic (exact) mass is 636 g/mol. The van der Waals surface area contributed by atoms with Gasteiger partial charge in [0, 0.05) is 31.2 Å². The number of hydrogen-bond acceptors (Lipinski definition) is 6. The lowest BCUT2D eigenvalue weighted by Crippen LogP contribution is -2.36. The van der Waals surface area contributed by atoms with Crippen LogP contribution in [0.3, 0.4) is 0 Å². The highest BCUT2D eigenvalue weighted by atomic mass is 32.2. The van der Waals surface area contributed by atoms with Crippen LogP contribution in [0.4, 0.5) is 26.3 Å². The lowest BCUT2D eigenvalue weighted by molar-refractivity contribution is -0.193. The lowest BCUT2D eigenvalue weighted by atomic mass is 10.1. The summed E-state index contributed by atoms with van der Waals surface area (Å²) < 4.78 is 92.0. The van der Waals surface area contributed by atoms with Gasteiger partial charge in [-0.3, -0.25) is 10.3 Å². The molecule has 0 amide bonds. The molecule has 0 radical (unpaired) electrons. The number of alkyl halides is 6. The molecule has 0 unspecified atom stereocenters. The number of fused-ring (bicyclic) bond motifs is 1. The zero-order chi connectivity index (χ0) is 32.6. The van der Waals surface area contributed by atoms with E-state index in [1.54, 1.807) is 12.1 Å². The zero-order valence-corrected chi connectivity index (χ0v) is 22.8. The third kappa shape index (κ3) is 11.2. The van der Waals surface area contributed by atoms with Gasteiger partial charge in [0.1, 0.15) is 5.84 Å². The lowest BCUT2D eigenvalue weighted by Gasteiger charge is -2.17. The van der Waals surface area contributed by atoms with Gasteiger partial charge in [-0.15, -0.1) is 0 Å². The predicted molar refractivity (Wildman–Crippen MR) is 143 cm³/mol. The van der Waals surface area contributed by atoms with Gasteiger partial charge in [-0.1, -0.05) is 48.5 Å². The second-order valence-electron chi connectivity index (χ2n) is 9.07. The summed E-state index contributed by atoms with van der Waals surface area (Å²) >= 11 is 0. The van der Waals surface area contributed by atoms with E-state index in [1.807, 2.05) is 54.6 Å². The molecule has 17 heteroatoms. The molecule has 3 aromatic rings. The third-order valence-electron chi connectivity index (χ3n) is 5.75. The molecule has 1 fully saturated rings. The van der Waals surface area contributed by atoms with Gasteiger partial charge in [-0.25, -0.2) is 22.7 Å². The van der Waals surface area contributed by atoms with Crippen molar-refractivity contribution < 1.29 is 54.6 Å². The van der Waals surface area contributed by atoms with Crippen LogP contribution < -0.4 is 10.5 Å². The highest BCUT2D eigenvalue weighted by Crippen LogP contribution is 2.21. The molecule has 43 heavy (non-hydrogen) atoms. The van der Waals surface area contributed by atoms with Crippen molar-refractivity contribution in [2.24, 2.45) is 5.73 Å². The standard InChI is InChI=1S/C22H24N4O2S.2C2HF3O2/c23-22(24)19-7-3-4-16(12-19)14-26-11-10-20(15-26)25-29(27,28)21-9-8-17-5-1-2-6-18(17)13-21;2*3-2(4,5)1(6)7/h1-9,12-13,20,25H,10-11,14-15H2,(H3,23,24);2*(H,6,7)/t20-;;/m0../s1. The number of nitrogens with zero attached hydrogens (tertiary/aromatic N) is 1. The van der Waals surface area contributed by atoms with E-state index in [0.717, 1.165) is 29.3 Å². The predicted octanol–water partition coefficient (Wildman–Crippen LogP) is 3.94. The quantitative estimate of drug-likeness (QED) is 0.154. The molecule has 1 aliphatic rings. The number of carboxylic acid groups (broad SMARTS) is 2. The Morgan fingerprint density at radius 3 is 2.00 bits per heavy atom. The van der Waals surface area contributed by atoms with Gasteiger partial charge in [0.25, 0.3) is 0 Å². The Labute approximate surface area is 241 Å². The van der Waals surface area contributed by atoms with Crippen LogP contribution in [0, 0.1) is 5.41 Å². The maximum atomic E-state index is 12.8. The molecule has 10 nitrogen and oxygen atoms in total. The van der Waals surface area contributed by atoms with Crippen LogP contribution in [0.5, 0.6) is 0 Å². The first kappa shape index (κ1) is 35.0. The van der Waals surface area contributed by atoms with Crippen molar-refractivity contribution in [1.29, 1.82) is 5.41 Å². The fourth-order valence-corrected chi connectivity index (χ4v) is 5.09. The molecular weight excluding hydrogens is 610 g/mol. The number of amidine groups is 1. The van der Waals surface area contributed by atoms with Crippen LogP contribution in [0.2, 0.25) is 0 Å². The van der Waals surface area contributed by atoms with E-state index in [-0.39, 0.29) is 11.9 Å². The van der Waals surface area contributed by atoms with E-state index in [0.29, 0.717) is 23.5 Å². The zero-order valence-electron chi connectivity index (χ0n) is 22.0. The number of aliphatic carboxylic acids is 2. The van der Waals surface area contributed by atoms with E-state index >= 15 is 0 Å². The molecule has 1 aliphatic heterocycles. The van der Waals surface area contributed by atoms with Gasteiger partial charge in [0.05, 0.1) is 4.90 Å². The van der Waals surface area contributed by atoms with Gasteiger partial charge in [0.15, 0.2) is 0 Å². The smallest absolute Gasteiger partial charge is 0.475 e. The molecule has 0 spiro atoms. The number of sulfonamides is 1. The van der Waals surface area contributed by atoms with Crippen LogP contribution in [0.1, 0.15) is 17.5 Å². The maximum Gasteiger partial charge on any atom is 0.490 e. The van der Waals surface area contributed by atoms with Crippen molar-refractivity contribution >= 4 is 38.6 Å². The van der Waals surface area contributed by atoms with Gasteiger partial charge in [-0.2, -0.15) is 26.3 Å². The number of hydrogen-bond donors (Lipinski definition) is 5. The molecule has 0 aromatic heterocycles. The average molecular weight is 637 g/mol. The van der Waals surface area contributed by atoms with Gasteiger partial charge < -0.3 is 15.9 Å². The third-order valence-corrected chi connectivity index (χ3v) is 7.27. The average Bonchev–Trinajstić information content (AvgIpc) is 3.33. The number of carboxylic acids is 2. The molecule has 0 bridgehead atoms. The summed E-state index contributed by atoms with van der Waals surface area (Å²) in [5, 5.41) is 23.7. The SMILES string of the molecule is N=C(N)c1cccc(CN2CC[C@H](NS(=O)(=O)c3ccc4ccccc4c3)C2)c1.O=C(O)C(F)(F)F.O=C(O)C(F)(F)F. The fourth-order valence-electron chi connectivity index (χ4n) is 3.79. The summed E-state index contributed by atoms with van der Waals surface area (Å²) in [6, 6.07) is 20.4. The Morgan fingerprint density at radius 1 is 0.907 bits per heavy atom. The normalized spacial score (nSPS) is 15.5. The van der Waals surface area contributed by atoms with E-state index in [2.05, 4.69) is 9.62 Å². The summed E-state index contributed by atoms with van der Waals surface area (Å²) in [7, 11) is -3.57. The summed E-state index contributed by atoms with van der Waals surface area (Å²) in [4.78, 5) is 20.3. The van der Waals surface area contributed by atoms with E-state index in [1.165, 1.54) is 0 Å². The molecule has 234 valence electrons. The van der Waals surface area contributed by atoms with Crippen molar-refractivity contribution in [3.8, 4) is 0 Å². The second-order valence-corrected chi connectivity index (χ2v) is 10.8. The van der Waals surface area contributed by atoms with Crippen molar-refractivity contribution in [2.75, 3.05) is 13.1 Å². The van der Waals surface area contributed by atoms with E-state index < -0.39 is 34.3 Å². The molecule has 1 saturated heterocycles. The second kappa shape index (κ2) is 14.3. The Hall–Kier alpha value is -4.22. The van der Waals surface area contributed by atoms with Crippen LogP contribution in [-0.4, -0.2) is 72.8 Å². The largest absolute Gasteiger partial charge is 0.490 e. The highest BCUT2D eigenvalue weighted by Gasteiger charge is 2.39. The first-order chi connectivity index (χ1) is 19.8. The van der Waals surface area contributed by atoms with Crippen molar-refractivity contribution in [3.05, 3.63) is 77.9 Å². The number of likely N-dealkylation sites (tertiary alicyclic amines) is 1. The number of carbonyl (C=O) groups is 2. The van der Waals surface area contributed by atoms with Crippen molar-refractivity contribution in [3.63, 3.8) is 0 Å². The summed E-state index contributed by atoms with van der Waals surface area (Å²) in [6.07, 6.45) is -9.40. The molecule has 0 saturated carbocycles. The molecule has 6 N–H and O–H groups in total. The van der Waals surface area contributed by atoms with E-state index in [9.17, 15) is 34.8 Å². The first-order valence-corrected chi connectivity index (χ1v) is 13.5. The van der Waals surface area contributed by atoms with Gasteiger partial charge in [-0.05, 0) is 41.0 Å². The molecule has 0 aliphatic carbocycles. The minimum atomic E-state index is -5.08. The van der Waals surface area contributed by atoms with Crippen molar-refractivity contribution in [2.45, 2.75) is 36.3 Å². The summed E-state index contributed by atoms with van der Waals surface area (Å²) in [5.41, 5.74) is 7.33. The molecule has 3 aromatic carbocycles. The van der Waals surface area contributed by atoms with E-state index in [4.69, 9.17) is 30.9 Å². The van der Waals surface area contributed by atoms with Crippen molar-refractivity contribution in [1.82, 2.24) is 9.62 Å². The number of nitrogens with two attached hydrogens (primary N) is 1. The maximum absolute atomic E-state index is 12.8. The molecule has 1 atom stereocenters. The Bertz CT molecular complexity index is 1540. The number of nitrogens with one attached hydrogen (secondary N) is 2. The first-order valence-electron chi connectivity index (χ1n) is 12.1. The van der Waals surface area contributed by atoms with Crippen LogP contribution in [0.15, 0.2) is 71.6 Å². The molecular formula is C26H26F6N4O6S. The number of halogens is 6. The topological polar surface area (TPSA) is 174 Å². The molecule has 1 heterocycles. The minimum Gasteiger partial charge on any atom is -0.475 e. The number of nitrogen functional groups attached to an aromatic ring is 1. The van der Waals surface area contributed by atoms with Crippen LogP contribution in [-0.2, 0) is 26.2 Å². The Kier molecular flexibility index (Phi) is 11.6. The summed E-state index contributed by atoms with van der Waals surface area (Å²) in [6.45, 7) is 2.17. The summed E-state index contributed by atoms with van der Waals surface area (Å²) in [5.74, 6) is -5.46. The number of rotatable bonds is 6.